The minimum absolute atomic E-state index is 0.0573. The molecule has 2 saturated heterocycles. The lowest BCUT2D eigenvalue weighted by Gasteiger charge is -2.31. The molecule has 1 amide bonds. The molecule has 0 radical (unpaired) electrons. The third-order valence-electron chi connectivity index (χ3n) is 3.34. The SMILES string of the molecule is CN(C)CC1CC(O)CN1C(=O)C1COCCO1. The maximum absolute atomic E-state index is 12.3. The molecule has 6 nitrogen and oxygen atoms in total. The van der Waals surface area contributed by atoms with E-state index in [1.165, 1.54) is 0 Å². The van der Waals surface area contributed by atoms with E-state index in [1.807, 2.05) is 19.0 Å². The fourth-order valence-electron chi connectivity index (χ4n) is 2.57. The molecule has 3 unspecified atom stereocenters. The van der Waals surface area contributed by atoms with E-state index in [0.29, 0.717) is 32.8 Å². The van der Waals surface area contributed by atoms with E-state index in [2.05, 4.69) is 0 Å². The van der Waals surface area contributed by atoms with Crippen LogP contribution in [0.5, 0.6) is 0 Å². The Labute approximate surface area is 107 Å². The third-order valence-corrected chi connectivity index (χ3v) is 3.34. The van der Waals surface area contributed by atoms with Crippen molar-refractivity contribution >= 4 is 5.91 Å². The smallest absolute Gasteiger partial charge is 0.254 e. The molecule has 0 spiro atoms. The zero-order valence-electron chi connectivity index (χ0n) is 11.0. The van der Waals surface area contributed by atoms with Crippen LogP contribution in [-0.4, -0.2) is 86.1 Å². The van der Waals surface area contributed by atoms with Crippen LogP contribution in [0.25, 0.3) is 0 Å². The van der Waals surface area contributed by atoms with Crippen molar-refractivity contribution in [3.05, 3.63) is 0 Å². The summed E-state index contributed by atoms with van der Waals surface area (Å²) in [5.74, 6) is -0.0573. The Hall–Kier alpha value is -0.690. The monoisotopic (exact) mass is 258 g/mol. The van der Waals surface area contributed by atoms with Gasteiger partial charge in [-0.05, 0) is 20.5 Å². The lowest BCUT2D eigenvalue weighted by Crippen LogP contribution is -2.49. The van der Waals surface area contributed by atoms with E-state index < -0.39 is 12.2 Å². The number of nitrogens with zero attached hydrogens (tertiary/aromatic N) is 2. The minimum atomic E-state index is -0.506. The van der Waals surface area contributed by atoms with Gasteiger partial charge in [-0.25, -0.2) is 0 Å². The average Bonchev–Trinajstić information content (AvgIpc) is 2.69. The van der Waals surface area contributed by atoms with Gasteiger partial charge in [0.25, 0.3) is 5.91 Å². The second kappa shape index (κ2) is 5.97. The highest BCUT2D eigenvalue weighted by molar-refractivity contribution is 5.82. The Bertz CT molecular complexity index is 292. The fourth-order valence-corrected chi connectivity index (χ4v) is 2.57. The van der Waals surface area contributed by atoms with Crippen molar-refractivity contribution in [3.63, 3.8) is 0 Å². The van der Waals surface area contributed by atoms with E-state index in [-0.39, 0.29) is 11.9 Å². The predicted molar refractivity (Wildman–Crippen MR) is 65.2 cm³/mol. The van der Waals surface area contributed by atoms with Crippen LogP contribution in [0.4, 0.5) is 0 Å². The van der Waals surface area contributed by atoms with Gasteiger partial charge < -0.3 is 24.4 Å². The normalized spacial score (nSPS) is 33.1. The van der Waals surface area contributed by atoms with Crippen LogP contribution < -0.4 is 0 Å². The Morgan fingerprint density at radius 1 is 1.44 bits per heavy atom. The van der Waals surface area contributed by atoms with Crippen molar-refractivity contribution in [2.75, 3.05) is 47.0 Å². The Morgan fingerprint density at radius 2 is 2.22 bits per heavy atom. The summed E-state index contributed by atoms with van der Waals surface area (Å²) in [5, 5.41) is 9.75. The average molecular weight is 258 g/mol. The lowest BCUT2D eigenvalue weighted by atomic mass is 10.2. The molecule has 2 aliphatic rings. The number of ether oxygens (including phenoxy) is 2. The number of rotatable bonds is 3. The summed E-state index contributed by atoms with van der Waals surface area (Å²) < 4.78 is 10.7. The molecule has 18 heavy (non-hydrogen) atoms. The van der Waals surface area contributed by atoms with Crippen LogP contribution in [0.1, 0.15) is 6.42 Å². The second-order valence-electron chi connectivity index (χ2n) is 5.23. The van der Waals surface area contributed by atoms with Crippen molar-refractivity contribution in [1.29, 1.82) is 0 Å². The van der Waals surface area contributed by atoms with Gasteiger partial charge in [0.15, 0.2) is 6.10 Å². The minimum Gasteiger partial charge on any atom is -0.391 e. The van der Waals surface area contributed by atoms with Gasteiger partial charge in [-0.15, -0.1) is 0 Å². The van der Waals surface area contributed by atoms with Crippen LogP contribution in [0.3, 0.4) is 0 Å². The van der Waals surface area contributed by atoms with E-state index in [1.54, 1.807) is 4.90 Å². The van der Waals surface area contributed by atoms with Gasteiger partial charge in [-0.1, -0.05) is 0 Å². The number of aliphatic hydroxyl groups excluding tert-OH is 1. The van der Waals surface area contributed by atoms with Crippen molar-refractivity contribution < 1.29 is 19.4 Å². The Morgan fingerprint density at radius 3 is 2.83 bits per heavy atom. The van der Waals surface area contributed by atoms with Crippen LogP contribution in [0, 0.1) is 0 Å². The molecule has 104 valence electrons. The first-order valence-corrected chi connectivity index (χ1v) is 6.40. The molecule has 0 bridgehead atoms. The molecule has 2 heterocycles. The highest BCUT2D eigenvalue weighted by Gasteiger charge is 2.38. The molecule has 2 rings (SSSR count). The number of hydrogen-bond acceptors (Lipinski definition) is 5. The van der Waals surface area contributed by atoms with Crippen LogP contribution in [0.15, 0.2) is 0 Å². The van der Waals surface area contributed by atoms with Crippen molar-refractivity contribution in [1.82, 2.24) is 9.80 Å². The summed E-state index contributed by atoms with van der Waals surface area (Å²) in [7, 11) is 3.93. The first-order valence-electron chi connectivity index (χ1n) is 6.40. The molecule has 0 aromatic heterocycles. The van der Waals surface area contributed by atoms with Gasteiger partial charge in [0, 0.05) is 19.1 Å². The largest absolute Gasteiger partial charge is 0.391 e. The summed E-state index contributed by atoms with van der Waals surface area (Å²) >= 11 is 0. The molecular formula is C12H22N2O4. The van der Waals surface area contributed by atoms with E-state index in [4.69, 9.17) is 9.47 Å². The molecule has 0 aromatic rings. The van der Waals surface area contributed by atoms with E-state index in [9.17, 15) is 9.90 Å². The lowest BCUT2D eigenvalue weighted by molar-refractivity contribution is -0.159. The van der Waals surface area contributed by atoms with Crippen LogP contribution in [0.2, 0.25) is 0 Å². The number of likely N-dealkylation sites (N-methyl/N-ethyl adjacent to an activating group) is 1. The Kier molecular flexibility index (Phi) is 4.55. The number of aliphatic hydroxyl groups is 1. The first kappa shape index (κ1) is 13.7. The maximum Gasteiger partial charge on any atom is 0.254 e. The molecule has 2 aliphatic heterocycles. The van der Waals surface area contributed by atoms with E-state index in [0.717, 1.165) is 6.54 Å². The summed E-state index contributed by atoms with van der Waals surface area (Å²) in [6.45, 7) is 2.49. The Balaban J connectivity index is 1.97. The summed E-state index contributed by atoms with van der Waals surface area (Å²) in [6.07, 6.45) is -0.297. The van der Waals surface area contributed by atoms with Crippen molar-refractivity contribution in [2.24, 2.45) is 0 Å². The maximum atomic E-state index is 12.3. The zero-order chi connectivity index (χ0) is 13.1. The fraction of sp³-hybridized carbons (Fsp3) is 0.917. The summed E-state index contributed by atoms with van der Waals surface area (Å²) in [4.78, 5) is 16.1. The van der Waals surface area contributed by atoms with Gasteiger partial charge in [0.05, 0.1) is 25.9 Å². The molecule has 0 saturated carbocycles. The zero-order valence-corrected chi connectivity index (χ0v) is 11.0. The predicted octanol–water partition coefficient (Wildman–Crippen LogP) is -1.07. The molecule has 2 fully saturated rings. The number of likely N-dealkylation sites (tertiary alicyclic amines) is 1. The van der Waals surface area contributed by atoms with Crippen LogP contribution in [-0.2, 0) is 14.3 Å². The van der Waals surface area contributed by atoms with E-state index >= 15 is 0 Å². The number of amides is 1. The van der Waals surface area contributed by atoms with Gasteiger partial charge in [-0.3, -0.25) is 4.79 Å². The molecule has 1 N–H and O–H groups in total. The van der Waals surface area contributed by atoms with Gasteiger partial charge in [0.1, 0.15) is 0 Å². The summed E-state index contributed by atoms with van der Waals surface area (Å²) in [6, 6.07) is 0.0630. The number of carbonyl (C=O) groups is 1. The first-order chi connectivity index (χ1) is 8.58. The van der Waals surface area contributed by atoms with Gasteiger partial charge in [0.2, 0.25) is 0 Å². The summed E-state index contributed by atoms with van der Waals surface area (Å²) in [5.41, 5.74) is 0. The van der Waals surface area contributed by atoms with Gasteiger partial charge in [-0.2, -0.15) is 0 Å². The number of hydrogen-bond donors (Lipinski definition) is 1. The van der Waals surface area contributed by atoms with Gasteiger partial charge >= 0.3 is 0 Å². The third kappa shape index (κ3) is 3.20. The quantitative estimate of drug-likeness (QED) is 0.698. The van der Waals surface area contributed by atoms with Crippen LogP contribution >= 0.6 is 0 Å². The number of β-amino-alcohol motifs (C(OH)–C–C–N with tert-alkyl or cyclic N) is 1. The number of carbonyl (C=O) groups excluding carboxylic acids is 1. The standard InChI is InChI=1S/C12H22N2O4/c1-13(2)6-9-5-10(15)7-14(9)12(16)11-8-17-3-4-18-11/h9-11,15H,3-8H2,1-2H3. The van der Waals surface area contributed by atoms with Crippen molar-refractivity contribution in [2.45, 2.75) is 24.7 Å². The molecule has 0 aromatic carbocycles. The highest BCUT2D eigenvalue weighted by atomic mass is 16.6. The highest BCUT2D eigenvalue weighted by Crippen LogP contribution is 2.20. The second-order valence-corrected chi connectivity index (χ2v) is 5.23. The topological polar surface area (TPSA) is 62.2 Å². The molecule has 6 heteroatoms. The molecule has 3 atom stereocenters. The molecule has 0 aliphatic carbocycles. The van der Waals surface area contributed by atoms with Crippen molar-refractivity contribution in [3.8, 4) is 0 Å². The molecular weight excluding hydrogens is 236 g/mol.